The fraction of sp³-hybridized carbons (Fsp3) is 0.462. The van der Waals surface area contributed by atoms with Crippen molar-refractivity contribution < 1.29 is 17.9 Å². The molecule has 112 valence electrons. The lowest BCUT2D eigenvalue weighted by Gasteiger charge is -2.21. The summed E-state index contributed by atoms with van der Waals surface area (Å²) in [5.74, 6) is -0.603. The maximum Gasteiger partial charge on any atom is 0.321 e. The molecule has 0 unspecified atom stereocenters. The zero-order chi connectivity index (χ0) is 15.5. The van der Waals surface area contributed by atoms with Crippen LogP contribution in [0.2, 0.25) is 0 Å². The Bertz CT molecular complexity index is 611. The summed E-state index contributed by atoms with van der Waals surface area (Å²) in [5.41, 5.74) is 7.46. The average Bonchev–Trinajstić information content (AvgIpc) is 2.39. The average molecular weight is 300 g/mol. The molecule has 20 heavy (non-hydrogen) atoms. The monoisotopic (exact) mass is 300 g/mol. The van der Waals surface area contributed by atoms with Gasteiger partial charge in [-0.3, -0.25) is 4.79 Å². The molecular weight excluding hydrogens is 280 g/mol. The fourth-order valence-electron chi connectivity index (χ4n) is 1.83. The maximum atomic E-state index is 12.6. The maximum absolute atomic E-state index is 12.6. The number of sulfonamides is 1. The number of esters is 1. The third-order valence-electron chi connectivity index (χ3n) is 3.05. The molecule has 0 aliphatic rings. The minimum Gasteiger partial charge on any atom is -0.468 e. The number of anilines is 1. The summed E-state index contributed by atoms with van der Waals surface area (Å²) in [6.07, 6.45) is 0. The smallest absolute Gasteiger partial charge is 0.321 e. The Morgan fingerprint density at radius 1 is 1.35 bits per heavy atom. The van der Waals surface area contributed by atoms with E-state index >= 15 is 0 Å². The number of nitrogens with two attached hydrogens (primary N) is 1. The number of rotatable bonds is 5. The minimum absolute atomic E-state index is 0.126. The van der Waals surface area contributed by atoms with Gasteiger partial charge < -0.3 is 10.5 Å². The second-order valence-electron chi connectivity index (χ2n) is 4.48. The van der Waals surface area contributed by atoms with Gasteiger partial charge in [0.15, 0.2) is 0 Å². The van der Waals surface area contributed by atoms with E-state index in [-0.39, 0.29) is 18.0 Å². The van der Waals surface area contributed by atoms with Gasteiger partial charge in [0.25, 0.3) is 0 Å². The van der Waals surface area contributed by atoms with E-state index in [9.17, 15) is 13.2 Å². The molecule has 1 aromatic carbocycles. The molecule has 6 nitrogen and oxygen atoms in total. The van der Waals surface area contributed by atoms with Gasteiger partial charge in [0.05, 0.1) is 12.0 Å². The number of methoxy groups -OCH3 is 1. The molecule has 0 spiro atoms. The highest BCUT2D eigenvalue weighted by Crippen LogP contribution is 2.25. The molecule has 2 N–H and O–H groups in total. The zero-order valence-electron chi connectivity index (χ0n) is 12.1. The van der Waals surface area contributed by atoms with Crippen LogP contribution < -0.4 is 5.73 Å². The van der Waals surface area contributed by atoms with Crippen molar-refractivity contribution in [3.63, 3.8) is 0 Å². The number of carbonyl (C=O) groups excluding carboxylic acids is 1. The molecule has 0 amide bonds. The number of benzene rings is 1. The minimum atomic E-state index is -3.78. The third kappa shape index (κ3) is 3.29. The molecule has 0 atom stereocenters. The molecule has 0 aliphatic heterocycles. The summed E-state index contributed by atoms with van der Waals surface area (Å²) < 4.78 is 30.8. The molecule has 0 aromatic heterocycles. The van der Waals surface area contributed by atoms with Crippen LogP contribution in [0.25, 0.3) is 0 Å². The zero-order valence-corrected chi connectivity index (χ0v) is 13.0. The standard InChI is InChI=1S/C13H20N2O4S/c1-5-15(8-13(16)19-4)20(17,18)12-7-9(2)6-11(14)10(12)3/h6-7H,5,8,14H2,1-4H3. The van der Waals surface area contributed by atoms with E-state index in [1.165, 1.54) is 7.11 Å². The lowest BCUT2D eigenvalue weighted by atomic mass is 10.1. The topological polar surface area (TPSA) is 89.7 Å². The largest absolute Gasteiger partial charge is 0.468 e. The van der Waals surface area contributed by atoms with Crippen molar-refractivity contribution in [2.24, 2.45) is 0 Å². The van der Waals surface area contributed by atoms with Gasteiger partial charge in [0.2, 0.25) is 10.0 Å². The van der Waals surface area contributed by atoms with E-state index in [1.807, 2.05) is 0 Å². The highest BCUT2D eigenvalue weighted by Gasteiger charge is 2.27. The predicted molar refractivity (Wildman–Crippen MR) is 76.8 cm³/mol. The number of carbonyl (C=O) groups is 1. The highest BCUT2D eigenvalue weighted by molar-refractivity contribution is 7.89. The van der Waals surface area contributed by atoms with Crippen molar-refractivity contribution in [2.45, 2.75) is 25.7 Å². The van der Waals surface area contributed by atoms with E-state index in [4.69, 9.17) is 5.73 Å². The van der Waals surface area contributed by atoms with E-state index < -0.39 is 16.0 Å². The lowest BCUT2D eigenvalue weighted by molar-refractivity contribution is -0.140. The fourth-order valence-corrected chi connectivity index (χ4v) is 3.57. The number of ether oxygens (including phenoxy) is 1. The summed E-state index contributed by atoms with van der Waals surface area (Å²) in [6, 6.07) is 3.27. The van der Waals surface area contributed by atoms with Crippen molar-refractivity contribution in [2.75, 3.05) is 25.9 Å². The van der Waals surface area contributed by atoms with Crippen LogP contribution in [0.5, 0.6) is 0 Å². The molecule has 0 heterocycles. The molecule has 0 aliphatic carbocycles. The Balaban J connectivity index is 3.31. The second-order valence-corrected chi connectivity index (χ2v) is 6.39. The number of hydrogen-bond donors (Lipinski definition) is 1. The van der Waals surface area contributed by atoms with E-state index in [2.05, 4.69) is 4.74 Å². The molecular formula is C13H20N2O4S. The summed E-state index contributed by atoms with van der Waals surface area (Å²) in [6.45, 7) is 4.93. The summed E-state index contributed by atoms with van der Waals surface area (Å²) in [4.78, 5) is 11.5. The van der Waals surface area contributed by atoms with Crippen LogP contribution in [-0.4, -0.2) is 38.9 Å². The van der Waals surface area contributed by atoms with Gasteiger partial charge in [-0.05, 0) is 37.1 Å². The first kappa shape index (κ1) is 16.5. The van der Waals surface area contributed by atoms with Crippen molar-refractivity contribution in [1.82, 2.24) is 4.31 Å². The van der Waals surface area contributed by atoms with Crippen LogP contribution in [-0.2, 0) is 19.6 Å². The molecule has 0 saturated heterocycles. The molecule has 0 radical (unpaired) electrons. The van der Waals surface area contributed by atoms with Crippen LogP contribution in [0.1, 0.15) is 18.1 Å². The van der Waals surface area contributed by atoms with Crippen molar-refractivity contribution in [1.29, 1.82) is 0 Å². The SMILES string of the molecule is CCN(CC(=O)OC)S(=O)(=O)c1cc(C)cc(N)c1C. The van der Waals surface area contributed by atoms with E-state index in [0.29, 0.717) is 11.3 Å². The molecule has 1 aromatic rings. The summed E-state index contributed by atoms with van der Waals surface area (Å²) in [5, 5.41) is 0. The lowest BCUT2D eigenvalue weighted by Crippen LogP contribution is -2.36. The second kappa shape index (κ2) is 6.23. The Morgan fingerprint density at radius 2 is 1.95 bits per heavy atom. The van der Waals surface area contributed by atoms with Crippen LogP contribution in [0.4, 0.5) is 5.69 Å². The van der Waals surface area contributed by atoms with Crippen LogP contribution >= 0.6 is 0 Å². The first-order valence-corrected chi connectivity index (χ1v) is 7.61. The molecule has 0 saturated carbocycles. The van der Waals surface area contributed by atoms with Crippen molar-refractivity contribution in [3.8, 4) is 0 Å². The van der Waals surface area contributed by atoms with Crippen LogP contribution in [0.3, 0.4) is 0 Å². The molecule has 0 bridgehead atoms. The Morgan fingerprint density at radius 3 is 2.45 bits per heavy atom. The molecule has 0 fully saturated rings. The first-order valence-electron chi connectivity index (χ1n) is 6.17. The third-order valence-corrected chi connectivity index (χ3v) is 5.10. The van der Waals surface area contributed by atoms with Gasteiger partial charge >= 0.3 is 5.97 Å². The summed E-state index contributed by atoms with van der Waals surface area (Å²) >= 11 is 0. The number of likely N-dealkylation sites (N-methyl/N-ethyl adjacent to an activating group) is 1. The first-order chi connectivity index (χ1) is 9.23. The predicted octanol–water partition coefficient (Wildman–Crippen LogP) is 1.07. The van der Waals surface area contributed by atoms with Gasteiger partial charge in [-0.1, -0.05) is 6.92 Å². The van der Waals surface area contributed by atoms with Gasteiger partial charge in [0.1, 0.15) is 6.54 Å². The number of nitrogens with zero attached hydrogens (tertiary/aromatic N) is 1. The molecule has 7 heteroatoms. The normalized spacial score (nSPS) is 11.7. The van der Waals surface area contributed by atoms with Crippen molar-refractivity contribution in [3.05, 3.63) is 23.3 Å². The Labute approximate surface area is 119 Å². The molecule has 1 rings (SSSR count). The Kier molecular flexibility index (Phi) is 5.13. The number of nitrogen functional groups attached to an aromatic ring is 1. The van der Waals surface area contributed by atoms with Gasteiger partial charge in [-0.25, -0.2) is 8.42 Å². The summed E-state index contributed by atoms with van der Waals surface area (Å²) in [7, 11) is -2.56. The van der Waals surface area contributed by atoms with Gasteiger partial charge in [-0.2, -0.15) is 4.31 Å². The highest BCUT2D eigenvalue weighted by atomic mass is 32.2. The number of hydrogen-bond acceptors (Lipinski definition) is 5. The Hall–Kier alpha value is -1.60. The van der Waals surface area contributed by atoms with Crippen LogP contribution in [0.15, 0.2) is 17.0 Å². The van der Waals surface area contributed by atoms with Gasteiger partial charge in [0, 0.05) is 12.2 Å². The quantitative estimate of drug-likeness (QED) is 0.649. The van der Waals surface area contributed by atoms with Crippen LogP contribution in [0, 0.1) is 13.8 Å². The van der Waals surface area contributed by atoms with E-state index in [1.54, 1.807) is 32.9 Å². The van der Waals surface area contributed by atoms with Gasteiger partial charge in [-0.15, -0.1) is 0 Å². The van der Waals surface area contributed by atoms with E-state index in [0.717, 1.165) is 9.87 Å². The van der Waals surface area contributed by atoms with Crippen molar-refractivity contribution >= 4 is 21.7 Å². The number of aryl methyl sites for hydroxylation is 1.